The molecular weight excluding hydrogens is 222 g/mol. The zero-order valence-corrected chi connectivity index (χ0v) is 11.9. The number of ether oxygens (including phenoxy) is 1. The van der Waals surface area contributed by atoms with E-state index in [-0.39, 0.29) is 0 Å². The van der Waals surface area contributed by atoms with E-state index in [9.17, 15) is 0 Å². The van der Waals surface area contributed by atoms with Crippen molar-refractivity contribution in [2.24, 2.45) is 0 Å². The van der Waals surface area contributed by atoms with Crippen LogP contribution in [0.25, 0.3) is 0 Å². The number of hydrogen-bond acceptors (Lipinski definition) is 2. The highest BCUT2D eigenvalue weighted by atomic mass is 16.5. The van der Waals surface area contributed by atoms with Gasteiger partial charge >= 0.3 is 0 Å². The van der Waals surface area contributed by atoms with Gasteiger partial charge in [0.05, 0.1) is 6.61 Å². The molecule has 0 N–H and O–H groups in total. The Hall–Kier alpha value is -0.860. The highest BCUT2D eigenvalue weighted by Gasteiger charge is 2.20. The highest BCUT2D eigenvalue weighted by molar-refractivity contribution is 5.34. The van der Waals surface area contributed by atoms with E-state index in [0.717, 1.165) is 19.7 Å². The minimum absolute atomic E-state index is 0.512. The summed E-state index contributed by atoms with van der Waals surface area (Å²) < 4.78 is 5.27. The van der Waals surface area contributed by atoms with Crippen molar-refractivity contribution in [2.75, 3.05) is 20.3 Å². The van der Waals surface area contributed by atoms with Gasteiger partial charge in [-0.1, -0.05) is 31.5 Å². The third-order valence-electron chi connectivity index (χ3n) is 3.88. The van der Waals surface area contributed by atoms with E-state index < -0.39 is 0 Å². The first-order valence-electron chi connectivity index (χ1n) is 7.08. The molecule has 1 aromatic rings. The van der Waals surface area contributed by atoms with Gasteiger partial charge in [-0.3, -0.25) is 4.90 Å². The van der Waals surface area contributed by atoms with E-state index in [1.54, 1.807) is 7.11 Å². The molecule has 18 heavy (non-hydrogen) atoms. The lowest BCUT2D eigenvalue weighted by Gasteiger charge is -2.33. The highest BCUT2D eigenvalue weighted by Crippen LogP contribution is 2.22. The van der Waals surface area contributed by atoms with Gasteiger partial charge in [-0.15, -0.1) is 0 Å². The number of methoxy groups -OCH3 is 1. The monoisotopic (exact) mass is 247 g/mol. The minimum atomic E-state index is 0.512. The fourth-order valence-corrected chi connectivity index (χ4v) is 2.80. The molecule has 0 radical (unpaired) electrons. The molecule has 1 heterocycles. The van der Waals surface area contributed by atoms with Crippen LogP contribution in [-0.2, 0) is 24.1 Å². The molecule has 0 saturated carbocycles. The Balaban J connectivity index is 2.09. The lowest BCUT2D eigenvalue weighted by Crippen LogP contribution is -2.39. The van der Waals surface area contributed by atoms with Crippen LogP contribution in [0.4, 0.5) is 0 Å². The molecule has 1 aliphatic rings. The Morgan fingerprint density at radius 2 is 2.17 bits per heavy atom. The molecule has 0 saturated heterocycles. The number of nitrogens with zero attached hydrogens (tertiary/aromatic N) is 1. The van der Waals surface area contributed by atoms with Crippen molar-refractivity contribution in [2.45, 2.75) is 45.7 Å². The zero-order valence-electron chi connectivity index (χ0n) is 11.9. The third kappa shape index (κ3) is 3.12. The molecule has 0 spiro atoms. The van der Waals surface area contributed by atoms with Gasteiger partial charge in [0.1, 0.15) is 0 Å². The van der Waals surface area contributed by atoms with Crippen LogP contribution in [0, 0.1) is 0 Å². The summed E-state index contributed by atoms with van der Waals surface area (Å²) in [6, 6.07) is 7.55. The zero-order chi connectivity index (χ0) is 13.0. The molecule has 0 aliphatic carbocycles. The summed E-state index contributed by atoms with van der Waals surface area (Å²) in [4.78, 5) is 2.53. The summed E-state index contributed by atoms with van der Waals surface area (Å²) >= 11 is 0. The average Bonchev–Trinajstić information content (AvgIpc) is 2.38. The summed E-state index contributed by atoms with van der Waals surface area (Å²) in [5.74, 6) is 0. The fraction of sp³-hybridized carbons (Fsp3) is 0.625. The van der Waals surface area contributed by atoms with Crippen LogP contribution in [0.1, 0.15) is 37.0 Å². The summed E-state index contributed by atoms with van der Waals surface area (Å²) in [6.07, 6.45) is 3.60. The Kier molecular flexibility index (Phi) is 4.79. The Bertz CT molecular complexity index is 389. The van der Waals surface area contributed by atoms with Crippen LogP contribution in [0.3, 0.4) is 0 Å². The predicted molar refractivity (Wildman–Crippen MR) is 75.9 cm³/mol. The number of aryl methyl sites for hydroxylation is 1. The molecule has 0 amide bonds. The lowest BCUT2D eigenvalue weighted by atomic mass is 9.95. The van der Waals surface area contributed by atoms with E-state index in [4.69, 9.17) is 4.74 Å². The largest absolute Gasteiger partial charge is 0.383 e. The molecule has 2 nitrogen and oxygen atoms in total. The van der Waals surface area contributed by atoms with E-state index >= 15 is 0 Å². The Morgan fingerprint density at radius 3 is 2.89 bits per heavy atom. The van der Waals surface area contributed by atoms with E-state index in [1.165, 1.54) is 36.0 Å². The maximum atomic E-state index is 5.27. The SMILES string of the molecule is CCCc1ccc2c(c1)CN(C(C)COC)CC2. The Labute approximate surface area is 111 Å². The van der Waals surface area contributed by atoms with Crippen LogP contribution in [-0.4, -0.2) is 31.2 Å². The third-order valence-corrected chi connectivity index (χ3v) is 3.88. The van der Waals surface area contributed by atoms with Crippen LogP contribution in [0.15, 0.2) is 18.2 Å². The molecule has 0 aromatic heterocycles. The molecule has 1 aliphatic heterocycles. The summed E-state index contributed by atoms with van der Waals surface area (Å²) in [6.45, 7) is 7.56. The van der Waals surface area contributed by atoms with E-state index in [0.29, 0.717) is 6.04 Å². The molecule has 1 atom stereocenters. The molecule has 0 fully saturated rings. The Morgan fingerprint density at radius 1 is 1.33 bits per heavy atom. The van der Waals surface area contributed by atoms with Crippen molar-refractivity contribution in [1.29, 1.82) is 0 Å². The summed E-state index contributed by atoms with van der Waals surface area (Å²) in [5, 5.41) is 0. The summed E-state index contributed by atoms with van der Waals surface area (Å²) in [5.41, 5.74) is 4.54. The normalized spacial score (nSPS) is 17.5. The van der Waals surface area contributed by atoms with Crippen molar-refractivity contribution in [3.05, 3.63) is 34.9 Å². The van der Waals surface area contributed by atoms with E-state index in [2.05, 4.69) is 36.9 Å². The molecule has 2 heteroatoms. The lowest BCUT2D eigenvalue weighted by molar-refractivity contribution is 0.0909. The second kappa shape index (κ2) is 6.35. The first-order chi connectivity index (χ1) is 8.74. The van der Waals surface area contributed by atoms with Crippen LogP contribution >= 0.6 is 0 Å². The van der Waals surface area contributed by atoms with Crippen molar-refractivity contribution >= 4 is 0 Å². The van der Waals surface area contributed by atoms with Gasteiger partial charge in [-0.25, -0.2) is 0 Å². The molecule has 100 valence electrons. The van der Waals surface area contributed by atoms with Crippen molar-refractivity contribution in [1.82, 2.24) is 4.90 Å². The fourth-order valence-electron chi connectivity index (χ4n) is 2.80. The number of rotatable bonds is 5. The molecule has 1 aromatic carbocycles. The maximum Gasteiger partial charge on any atom is 0.0615 e. The van der Waals surface area contributed by atoms with Gasteiger partial charge in [0.2, 0.25) is 0 Å². The molecule has 2 rings (SSSR count). The molecule has 1 unspecified atom stereocenters. The van der Waals surface area contributed by atoms with Crippen molar-refractivity contribution in [3.63, 3.8) is 0 Å². The van der Waals surface area contributed by atoms with Gasteiger partial charge in [0, 0.05) is 26.2 Å². The topological polar surface area (TPSA) is 12.5 Å². The van der Waals surface area contributed by atoms with Gasteiger partial charge in [0.15, 0.2) is 0 Å². The smallest absolute Gasteiger partial charge is 0.0615 e. The number of fused-ring (bicyclic) bond motifs is 1. The first-order valence-corrected chi connectivity index (χ1v) is 7.08. The first kappa shape index (κ1) is 13.6. The predicted octanol–water partition coefficient (Wildman–Crippen LogP) is 3.03. The quantitative estimate of drug-likeness (QED) is 0.793. The second-order valence-corrected chi connectivity index (χ2v) is 5.38. The second-order valence-electron chi connectivity index (χ2n) is 5.38. The van der Waals surface area contributed by atoms with Crippen molar-refractivity contribution < 1.29 is 4.74 Å². The molecule has 0 bridgehead atoms. The van der Waals surface area contributed by atoms with Gasteiger partial charge in [-0.05, 0) is 36.5 Å². The van der Waals surface area contributed by atoms with Gasteiger partial charge in [0.25, 0.3) is 0 Å². The van der Waals surface area contributed by atoms with Crippen molar-refractivity contribution in [3.8, 4) is 0 Å². The minimum Gasteiger partial charge on any atom is -0.383 e. The summed E-state index contributed by atoms with van der Waals surface area (Å²) in [7, 11) is 1.79. The van der Waals surface area contributed by atoms with Crippen LogP contribution in [0.5, 0.6) is 0 Å². The van der Waals surface area contributed by atoms with Gasteiger partial charge in [-0.2, -0.15) is 0 Å². The maximum absolute atomic E-state index is 5.27. The van der Waals surface area contributed by atoms with Gasteiger partial charge < -0.3 is 4.74 Å². The number of hydrogen-bond donors (Lipinski definition) is 0. The standard InChI is InChI=1S/C16H25NO/c1-4-5-14-6-7-15-8-9-17(11-16(15)10-14)13(2)12-18-3/h6-7,10,13H,4-5,8-9,11-12H2,1-3H3. The van der Waals surface area contributed by atoms with E-state index in [1.807, 2.05) is 0 Å². The van der Waals surface area contributed by atoms with Crippen LogP contribution < -0.4 is 0 Å². The number of benzene rings is 1. The van der Waals surface area contributed by atoms with Crippen LogP contribution in [0.2, 0.25) is 0 Å². The average molecular weight is 247 g/mol. The molecular formula is C16H25NO.